The smallest absolute Gasteiger partial charge is 0.178 e. The minimum Gasteiger partial charge on any atom is -0.360 e. The van der Waals surface area contributed by atoms with Gasteiger partial charge in [0.1, 0.15) is 0 Å². The molecule has 1 N–H and O–H groups in total. The SMILES string of the molecule is CCN(CCCN(C)C)CC(=O)c1c[nH]c2ccccc12. The van der Waals surface area contributed by atoms with Crippen LogP contribution in [0, 0.1) is 0 Å². The number of likely N-dealkylation sites (N-methyl/N-ethyl adjacent to an activating group) is 1. The first-order valence-corrected chi connectivity index (χ1v) is 7.58. The van der Waals surface area contributed by atoms with Gasteiger partial charge in [0.15, 0.2) is 5.78 Å². The van der Waals surface area contributed by atoms with E-state index in [0.717, 1.165) is 42.5 Å². The van der Waals surface area contributed by atoms with Crippen LogP contribution < -0.4 is 0 Å². The van der Waals surface area contributed by atoms with Crippen LogP contribution >= 0.6 is 0 Å². The van der Waals surface area contributed by atoms with E-state index in [2.05, 4.69) is 35.8 Å². The summed E-state index contributed by atoms with van der Waals surface area (Å²) in [5.74, 6) is 0.194. The molecule has 21 heavy (non-hydrogen) atoms. The lowest BCUT2D eigenvalue weighted by Crippen LogP contribution is -2.32. The molecule has 0 unspecified atom stereocenters. The number of Topliss-reactive ketones (excluding diaryl/α,β-unsaturated/α-hetero) is 1. The quantitative estimate of drug-likeness (QED) is 0.759. The average molecular weight is 287 g/mol. The summed E-state index contributed by atoms with van der Waals surface area (Å²) < 4.78 is 0. The van der Waals surface area contributed by atoms with Crippen molar-refractivity contribution in [2.45, 2.75) is 13.3 Å². The van der Waals surface area contributed by atoms with Gasteiger partial charge in [0, 0.05) is 22.7 Å². The van der Waals surface area contributed by atoms with E-state index in [0.29, 0.717) is 6.54 Å². The van der Waals surface area contributed by atoms with E-state index in [-0.39, 0.29) is 5.78 Å². The maximum atomic E-state index is 12.5. The van der Waals surface area contributed by atoms with Crippen LogP contribution in [0.2, 0.25) is 0 Å². The van der Waals surface area contributed by atoms with Gasteiger partial charge in [-0.25, -0.2) is 0 Å². The number of carbonyl (C=O) groups excluding carboxylic acids is 1. The van der Waals surface area contributed by atoms with Gasteiger partial charge in [0.25, 0.3) is 0 Å². The van der Waals surface area contributed by atoms with Crippen LogP contribution in [0.4, 0.5) is 0 Å². The molecule has 2 rings (SSSR count). The summed E-state index contributed by atoms with van der Waals surface area (Å²) in [6.45, 7) is 5.52. The summed E-state index contributed by atoms with van der Waals surface area (Å²) in [7, 11) is 4.15. The van der Waals surface area contributed by atoms with Crippen molar-refractivity contribution in [3.05, 3.63) is 36.0 Å². The Kier molecular flexibility index (Phi) is 5.53. The molecule has 0 aliphatic rings. The molecule has 0 aliphatic carbocycles. The van der Waals surface area contributed by atoms with Gasteiger partial charge < -0.3 is 9.88 Å². The first-order chi connectivity index (χ1) is 10.1. The molecule has 4 nitrogen and oxygen atoms in total. The van der Waals surface area contributed by atoms with Crippen LogP contribution in [0.25, 0.3) is 10.9 Å². The normalized spacial score (nSPS) is 11.7. The molecular formula is C17H25N3O. The molecular weight excluding hydrogens is 262 g/mol. The predicted molar refractivity (Wildman–Crippen MR) is 87.9 cm³/mol. The van der Waals surface area contributed by atoms with Crippen LogP contribution in [0.1, 0.15) is 23.7 Å². The number of carbonyl (C=O) groups is 1. The van der Waals surface area contributed by atoms with E-state index in [1.54, 1.807) is 0 Å². The Bertz CT molecular complexity index is 588. The van der Waals surface area contributed by atoms with Crippen molar-refractivity contribution in [2.24, 2.45) is 0 Å². The number of para-hydroxylation sites is 1. The van der Waals surface area contributed by atoms with E-state index in [4.69, 9.17) is 0 Å². The number of hydrogen-bond donors (Lipinski definition) is 1. The maximum Gasteiger partial charge on any atom is 0.178 e. The van der Waals surface area contributed by atoms with Crippen molar-refractivity contribution in [2.75, 3.05) is 40.3 Å². The van der Waals surface area contributed by atoms with E-state index in [9.17, 15) is 4.79 Å². The highest BCUT2D eigenvalue weighted by Crippen LogP contribution is 2.18. The Labute approximate surface area is 126 Å². The average Bonchev–Trinajstić information content (AvgIpc) is 2.89. The first kappa shape index (κ1) is 15.7. The third kappa shape index (κ3) is 4.16. The summed E-state index contributed by atoms with van der Waals surface area (Å²) in [4.78, 5) is 20.1. The zero-order valence-electron chi connectivity index (χ0n) is 13.2. The molecule has 4 heteroatoms. The zero-order valence-corrected chi connectivity index (χ0v) is 13.2. The number of H-pyrrole nitrogens is 1. The number of ketones is 1. The van der Waals surface area contributed by atoms with E-state index >= 15 is 0 Å². The predicted octanol–water partition coefficient (Wildman–Crippen LogP) is 2.62. The van der Waals surface area contributed by atoms with Gasteiger partial charge in [-0.1, -0.05) is 25.1 Å². The van der Waals surface area contributed by atoms with Crippen molar-refractivity contribution in [1.29, 1.82) is 0 Å². The minimum atomic E-state index is 0.194. The monoisotopic (exact) mass is 287 g/mol. The number of hydrogen-bond acceptors (Lipinski definition) is 3. The highest BCUT2D eigenvalue weighted by atomic mass is 16.1. The minimum absolute atomic E-state index is 0.194. The fraction of sp³-hybridized carbons (Fsp3) is 0.471. The molecule has 0 saturated heterocycles. The second-order valence-corrected chi connectivity index (χ2v) is 5.70. The standard InChI is InChI=1S/C17H25N3O/c1-4-20(11-7-10-19(2)3)13-17(21)15-12-18-16-9-6-5-8-14(15)16/h5-6,8-9,12,18H,4,7,10-11,13H2,1-3H3. The number of nitrogens with zero attached hydrogens (tertiary/aromatic N) is 2. The van der Waals surface area contributed by atoms with Crippen LogP contribution in [-0.4, -0.2) is 60.8 Å². The van der Waals surface area contributed by atoms with Gasteiger partial charge >= 0.3 is 0 Å². The van der Waals surface area contributed by atoms with Crippen LogP contribution in [0.5, 0.6) is 0 Å². The molecule has 0 radical (unpaired) electrons. The lowest BCUT2D eigenvalue weighted by molar-refractivity contribution is 0.0933. The Morgan fingerprint density at radius 2 is 1.95 bits per heavy atom. The van der Waals surface area contributed by atoms with E-state index in [1.807, 2.05) is 30.5 Å². The van der Waals surface area contributed by atoms with Crippen molar-refractivity contribution < 1.29 is 4.79 Å². The largest absolute Gasteiger partial charge is 0.360 e. The first-order valence-electron chi connectivity index (χ1n) is 7.58. The summed E-state index contributed by atoms with van der Waals surface area (Å²) in [5, 5.41) is 1.02. The van der Waals surface area contributed by atoms with Gasteiger partial charge in [-0.15, -0.1) is 0 Å². The van der Waals surface area contributed by atoms with Crippen molar-refractivity contribution in [3.8, 4) is 0 Å². The second-order valence-electron chi connectivity index (χ2n) is 5.70. The fourth-order valence-electron chi connectivity index (χ4n) is 2.55. The molecule has 1 heterocycles. The maximum absolute atomic E-state index is 12.5. The molecule has 0 bridgehead atoms. The number of rotatable bonds is 8. The van der Waals surface area contributed by atoms with Crippen LogP contribution in [0.15, 0.2) is 30.5 Å². The molecule has 0 aliphatic heterocycles. The Hall–Kier alpha value is -1.65. The number of nitrogens with one attached hydrogen (secondary N) is 1. The number of fused-ring (bicyclic) bond motifs is 1. The number of benzene rings is 1. The lowest BCUT2D eigenvalue weighted by Gasteiger charge is -2.20. The molecule has 0 spiro atoms. The Balaban J connectivity index is 1.99. The molecule has 0 amide bonds. The summed E-state index contributed by atoms with van der Waals surface area (Å²) in [5.41, 5.74) is 1.83. The highest BCUT2D eigenvalue weighted by molar-refractivity contribution is 6.08. The zero-order chi connectivity index (χ0) is 15.2. The van der Waals surface area contributed by atoms with Gasteiger partial charge in [0.05, 0.1) is 6.54 Å². The highest BCUT2D eigenvalue weighted by Gasteiger charge is 2.14. The summed E-state index contributed by atoms with van der Waals surface area (Å²) >= 11 is 0. The summed E-state index contributed by atoms with van der Waals surface area (Å²) in [6, 6.07) is 7.95. The van der Waals surface area contributed by atoms with Gasteiger partial charge in [-0.2, -0.15) is 0 Å². The molecule has 0 atom stereocenters. The third-order valence-corrected chi connectivity index (χ3v) is 3.78. The van der Waals surface area contributed by atoms with E-state index < -0.39 is 0 Å². The van der Waals surface area contributed by atoms with Crippen LogP contribution in [-0.2, 0) is 0 Å². The Morgan fingerprint density at radius 3 is 2.67 bits per heavy atom. The van der Waals surface area contributed by atoms with E-state index in [1.165, 1.54) is 0 Å². The van der Waals surface area contributed by atoms with Crippen LogP contribution in [0.3, 0.4) is 0 Å². The van der Waals surface area contributed by atoms with Gasteiger partial charge in [-0.05, 0) is 46.2 Å². The molecule has 114 valence electrons. The number of aromatic nitrogens is 1. The van der Waals surface area contributed by atoms with Crippen molar-refractivity contribution >= 4 is 16.7 Å². The van der Waals surface area contributed by atoms with Crippen molar-refractivity contribution in [1.82, 2.24) is 14.8 Å². The molecule has 0 saturated carbocycles. The lowest BCUT2D eigenvalue weighted by atomic mass is 10.1. The van der Waals surface area contributed by atoms with Gasteiger partial charge in [-0.3, -0.25) is 9.69 Å². The Morgan fingerprint density at radius 1 is 1.19 bits per heavy atom. The molecule has 1 aromatic carbocycles. The topological polar surface area (TPSA) is 39.3 Å². The third-order valence-electron chi connectivity index (χ3n) is 3.78. The molecule has 2 aromatic rings. The number of aromatic amines is 1. The fourth-order valence-corrected chi connectivity index (χ4v) is 2.55. The van der Waals surface area contributed by atoms with Crippen molar-refractivity contribution in [3.63, 3.8) is 0 Å². The van der Waals surface area contributed by atoms with Gasteiger partial charge in [0.2, 0.25) is 0 Å². The second kappa shape index (κ2) is 7.38. The molecule has 0 fully saturated rings. The molecule has 1 aromatic heterocycles. The summed E-state index contributed by atoms with van der Waals surface area (Å²) in [6.07, 6.45) is 2.92.